The number of aromatic nitrogens is 5. The van der Waals surface area contributed by atoms with Crippen LogP contribution in [0.25, 0.3) is 22.5 Å². The molecule has 0 bridgehead atoms. The Morgan fingerprint density at radius 3 is 2.54 bits per heavy atom. The van der Waals surface area contributed by atoms with E-state index in [1.807, 2.05) is 18.2 Å². The van der Waals surface area contributed by atoms with Crippen LogP contribution in [0.3, 0.4) is 0 Å². The molecule has 11 heteroatoms. The van der Waals surface area contributed by atoms with Gasteiger partial charge in [0, 0.05) is 48.4 Å². The number of hydrogen-bond donors (Lipinski definition) is 0. The molecule has 0 aliphatic carbocycles. The SMILES string of the molecule is C=C(c1ccccc1OC(F)F)c1c(C)nc2cnc(-c3cnc(N4CCC(C(=O)OCC)CC4)nc3)cn12. The number of ether oxygens (including phenoxy) is 2. The summed E-state index contributed by atoms with van der Waals surface area (Å²) in [6.07, 6.45) is 8.24. The highest BCUT2D eigenvalue weighted by atomic mass is 19.3. The number of fused-ring (bicyclic) bond motifs is 1. The van der Waals surface area contributed by atoms with Gasteiger partial charge in [-0.3, -0.25) is 14.2 Å². The van der Waals surface area contributed by atoms with E-state index < -0.39 is 6.61 Å². The highest BCUT2D eigenvalue weighted by molar-refractivity contribution is 5.82. The van der Waals surface area contributed by atoms with Gasteiger partial charge in [-0.15, -0.1) is 0 Å². The topological polar surface area (TPSA) is 94.7 Å². The van der Waals surface area contributed by atoms with Crippen molar-refractivity contribution < 1.29 is 23.0 Å². The van der Waals surface area contributed by atoms with E-state index in [0.29, 0.717) is 77.9 Å². The standard InChI is InChI=1S/C28H28F2N6O3/c1-4-38-26(37)19-9-11-35(12-10-19)28-32-13-20(14-33-28)22-16-36-24(15-31-22)34-18(3)25(36)17(2)21-7-5-6-8-23(21)39-27(29)30/h5-8,13-16,19,27H,2,4,9-12H2,1,3H3. The minimum Gasteiger partial charge on any atom is -0.466 e. The van der Waals surface area contributed by atoms with Gasteiger partial charge in [0.05, 0.1) is 35.8 Å². The molecule has 1 saturated heterocycles. The molecule has 0 N–H and O–H groups in total. The van der Waals surface area contributed by atoms with E-state index >= 15 is 0 Å². The first kappa shape index (κ1) is 26.2. The van der Waals surface area contributed by atoms with E-state index in [0.717, 1.165) is 0 Å². The zero-order chi connectivity index (χ0) is 27.5. The Labute approximate surface area is 224 Å². The number of hydrogen-bond acceptors (Lipinski definition) is 8. The zero-order valence-corrected chi connectivity index (χ0v) is 21.7. The first-order valence-corrected chi connectivity index (χ1v) is 12.7. The Morgan fingerprint density at radius 1 is 1.13 bits per heavy atom. The van der Waals surface area contributed by atoms with Gasteiger partial charge in [0.2, 0.25) is 5.95 Å². The van der Waals surface area contributed by atoms with Crippen LogP contribution in [0, 0.1) is 12.8 Å². The van der Waals surface area contributed by atoms with Crippen molar-refractivity contribution in [2.75, 3.05) is 24.6 Å². The molecule has 5 rings (SSSR count). The molecular weight excluding hydrogens is 506 g/mol. The first-order valence-electron chi connectivity index (χ1n) is 12.7. The second-order valence-electron chi connectivity index (χ2n) is 9.18. The lowest BCUT2D eigenvalue weighted by molar-refractivity contribution is -0.148. The van der Waals surface area contributed by atoms with Crippen molar-refractivity contribution in [3.8, 4) is 17.0 Å². The van der Waals surface area contributed by atoms with E-state index in [-0.39, 0.29) is 17.6 Å². The largest absolute Gasteiger partial charge is 0.466 e. The molecule has 1 fully saturated rings. The summed E-state index contributed by atoms with van der Waals surface area (Å²) in [5.74, 6) is 0.395. The maximum Gasteiger partial charge on any atom is 0.387 e. The number of esters is 1. The van der Waals surface area contributed by atoms with Gasteiger partial charge in [0.1, 0.15) is 5.75 Å². The number of alkyl halides is 2. The number of piperidine rings is 1. The van der Waals surface area contributed by atoms with Gasteiger partial charge in [0.15, 0.2) is 5.65 Å². The van der Waals surface area contributed by atoms with Crippen molar-refractivity contribution in [1.29, 1.82) is 0 Å². The van der Waals surface area contributed by atoms with Gasteiger partial charge in [0.25, 0.3) is 0 Å². The Balaban J connectivity index is 1.39. The molecule has 202 valence electrons. The van der Waals surface area contributed by atoms with Crippen LogP contribution in [0.5, 0.6) is 5.75 Å². The van der Waals surface area contributed by atoms with E-state index in [4.69, 9.17) is 9.47 Å². The third kappa shape index (κ3) is 5.43. The molecule has 4 aromatic rings. The zero-order valence-electron chi connectivity index (χ0n) is 21.7. The van der Waals surface area contributed by atoms with E-state index in [1.165, 1.54) is 6.07 Å². The number of carbonyl (C=O) groups excluding carboxylic acids is 1. The fourth-order valence-corrected chi connectivity index (χ4v) is 4.82. The van der Waals surface area contributed by atoms with E-state index in [2.05, 4.69) is 31.4 Å². The van der Waals surface area contributed by atoms with Crippen molar-refractivity contribution >= 4 is 23.1 Å². The minimum atomic E-state index is -2.95. The molecular formula is C28H28F2N6O3. The predicted octanol–water partition coefficient (Wildman–Crippen LogP) is 4.94. The van der Waals surface area contributed by atoms with Crippen LogP contribution in [0.4, 0.5) is 14.7 Å². The molecule has 0 spiro atoms. The summed E-state index contributed by atoms with van der Waals surface area (Å²) < 4.78 is 37.7. The number of halogens is 2. The van der Waals surface area contributed by atoms with Crippen LogP contribution in [-0.4, -0.2) is 56.6 Å². The average molecular weight is 535 g/mol. The Hall–Kier alpha value is -4.41. The van der Waals surface area contributed by atoms with E-state index in [9.17, 15) is 13.6 Å². The molecule has 0 amide bonds. The monoisotopic (exact) mass is 534 g/mol. The fraction of sp³-hybridized carbons (Fsp3) is 0.321. The van der Waals surface area contributed by atoms with Crippen LogP contribution >= 0.6 is 0 Å². The smallest absolute Gasteiger partial charge is 0.387 e. The highest BCUT2D eigenvalue weighted by Gasteiger charge is 2.27. The fourth-order valence-electron chi connectivity index (χ4n) is 4.82. The Kier molecular flexibility index (Phi) is 7.49. The lowest BCUT2D eigenvalue weighted by atomic mass is 9.97. The molecule has 0 unspecified atom stereocenters. The number of benzene rings is 1. The molecule has 39 heavy (non-hydrogen) atoms. The van der Waals surface area contributed by atoms with Gasteiger partial charge in [-0.05, 0) is 32.8 Å². The summed E-state index contributed by atoms with van der Waals surface area (Å²) in [4.78, 5) is 32.3. The quantitative estimate of drug-likeness (QED) is 0.294. The predicted molar refractivity (Wildman–Crippen MR) is 142 cm³/mol. The highest BCUT2D eigenvalue weighted by Crippen LogP contribution is 2.33. The Morgan fingerprint density at radius 2 is 1.85 bits per heavy atom. The van der Waals surface area contributed by atoms with Crippen LogP contribution in [0.2, 0.25) is 0 Å². The molecule has 1 aromatic carbocycles. The maximum atomic E-state index is 13.0. The molecule has 4 heterocycles. The molecule has 9 nitrogen and oxygen atoms in total. The van der Waals surface area contributed by atoms with Crippen LogP contribution in [0.1, 0.15) is 36.7 Å². The molecule has 1 aliphatic rings. The molecule has 0 radical (unpaired) electrons. The van der Waals surface area contributed by atoms with Crippen molar-refractivity contribution in [2.24, 2.45) is 5.92 Å². The number of rotatable bonds is 8. The van der Waals surface area contributed by atoms with Crippen molar-refractivity contribution in [1.82, 2.24) is 24.3 Å². The molecule has 0 atom stereocenters. The summed E-state index contributed by atoms with van der Waals surface area (Å²) in [5.41, 5.74) is 4.16. The lowest BCUT2D eigenvalue weighted by Gasteiger charge is -2.30. The van der Waals surface area contributed by atoms with Gasteiger partial charge in [-0.1, -0.05) is 24.8 Å². The number of aryl methyl sites for hydroxylation is 1. The summed E-state index contributed by atoms with van der Waals surface area (Å²) >= 11 is 0. The first-order chi connectivity index (χ1) is 18.9. The molecule has 1 aliphatic heterocycles. The minimum absolute atomic E-state index is 0.0383. The summed E-state index contributed by atoms with van der Waals surface area (Å²) in [6.45, 7) is 6.58. The van der Waals surface area contributed by atoms with Crippen LogP contribution < -0.4 is 9.64 Å². The number of imidazole rings is 1. The number of nitrogens with zero attached hydrogens (tertiary/aromatic N) is 6. The van der Waals surface area contributed by atoms with Crippen LogP contribution in [-0.2, 0) is 9.53 Å². The summed E-state index contributed by atoms with van der Waals surface area (Å²) in [7, 11) is 0. The lowest BCUT2D eigenvalue weighted by Crippen LogP contribution is -2.37. The van der Waals surface area contributed by atoms with Crippen LogP contribution in [0.15, 0.2) is 55.6 Å². The van der Waals surface area contributed by atoms with Crippen molar-refractivity contribution in [3.05, 3.63) is 72.6 Å². The van der Waals surface area contributed by atoms with Gasteiger partial charge in [-0.25, -0.2) is 15.0 Å². The number of anilines is 1. The normalized spacial score (nSPS) is 14.1. The van der Waals surface area contributed by atoms with Gasteiger partial charge in [-0.2, -0.15) is 8.78 Å². The van der Waals surface area contributed by atoms with Crippen molar-refractivity contribution in [2.45, 2.75) is 33.3 Å². The third-order valence-corrected chi connectivity index (χ3v) is 6.73. The maximum absolute atomic E-state index is 13.0. The van der Waals surface area contributed by atoms with E-state index in [1.54, 1.807) is 43.0 Å². The Bertz CT molecular complexity index is 1500. The molecule has 0 saturated carbocycles. The third-order valence-electron chi connectivity index (χ3n) is 6.73. The molecule has 3 aromatic heterocycles. The number of carbonyl (C=O) groups is 1. The second kappa shape index (κ2) is 11.1. The van der Waals surface area contributed by atoms with Gasteiger partial charge < -0.3 is 14.4 Å². The van der Waals surface area contributed by atoms with Gasteiger partial charge >= 0.3 is 12.6 Å². The van der Waals surface area contributed by atoms with Crippen molar-refractivity contribution in [3.63, 3.8) is 0 Å². The summed E-state index contributed by atoms with van der Waals surface area (Å²) in [5, 5.41) is 0. The summed E-state index contributed by atoms with van der Waals surface area (Å²) in [6, 6.07) is 6.53. The number of para-hydroxylation sites is 1. The second-order valence-corrected chi connectivity index (χ2v) is 9.18. The average Bonchev–Trinajstić information content (AvgIpc) is 3.28.